The summed E-state index contributed by atoms with van der Waals surface area (Å²) in [5.41, 5.74) is 7.45. The molecule has 0 radical (unpaired) electrons. The highest BCUT2D eigenvalue weighted by atomic mass is 32.1. The highest BCUT2D eigenvalue weighted by Gasteiger charge is 2.34. The molecule has 1 N–H and O–H groups in total. The molecule has 0 aromatic heterocycles. The summed E-state index contributed by atoms with van der Waals surface area (Å²) < 4.78 is 0. The van der Waals surface area contributed by atoms with Crippen LogP contribution in [0.1, 0.15) is 34.2 Å². The fourth-order valence-electron chi connectivity index (χ4n) is 4.68. The van der Waals surface area contributed by atoms with Gasteiger partial charge < -0.3 is 4.90 Å². The first-order valence-corrected chi connectivity index (χ1v) is 12.2. The Kier molecular flexibility index (Phi) is 6.22. The molecule has 1 saturated heterocycles. The van der Waals surface area contributed by atoms with Crippen molar-refractivity contribution in [2.45, 2.75) is 33.2 Å². The minimum Gasteiger partial charge on any atom is -0.367 e. The molecule has 3 aromatic carbocycles. The molecular weight excluding hydrogens is 454 g/mol. The Hall–Kier alpha value is -3.77. The third-order valence-corrected chi connectivity index (χ3v) is 6.98. The normalized spacial score (nSPS) is 17.0. The number of benzene rings is 3. The first kappa shape index (κ1) is 23.0. The molecule has 3 aromatic rings. The van der Waals surface area contributed by atoms with Gasteiger partial charge in [-0.2, -0.15) is 0 Å². The van der Waals surface area contributed by atoms with Gasteiger partial charge >= 0.3 is 0 Å². The molecule has 1 fully saturated rings. The summed E-state index contributed by atoms with van der Waals surface area (Å²) in [5, 5.41) is 2.78. The minimum absolute atomic E-state index is 0.0775. The molecule has 2 amide bonds. The number of amides is 2. The second-order valence-corrected chi connectivity index (χ2v) is 9.51. The van der Waals surface area contributed by atoms with Crippen molar-refractivity contribution in [2.24, 2.45) is 0 Å². The summed E-state index contributed by atoms with van der Waals surface area (Å²) >= 11 is 5.34. The van der Waals surface area contributed by atoms with E-state index in [2.05, 4.69) is 46.6 Å². The minimum atomic E-state index is -0.469. The van der Waals surface area contributed by atoms with E-state index in [-0.39, 0.29) is 10.7 Å². The molecule has 6 heteroatoms. The third-order valence-electron chi connectivity index (χ3n) is 6.70. The molecule has 2 heterocycles. The summed E-state index contributed by atoms with van der Waals surface area (Å²) in [6.45, 7) is 5.86. The highest BCUT2D eigenvalue weighted by molar-refractivity contribution is 7.80. The Morgan fingerprint density at radius 1 is 0.971 bits per heavy atom. The molecule has 2 aliphatic heterocycles. The summed E-state index contributed by atoms with van der Waals surface area (Å²) in [6.07, 6.45) is 3.70. The van der Waals surface area contributed by atoms with Crippen LogP contribution in [0.25, 0.3) is 6.08 Å². The fraction of sp³-hybridized carbons (Fsp3) is 0.207. The molecule has 5 nitrogen and oxygen atoms in total. The van der Waals surface area contributed by atoms with Gasteiger partial charge in [-0.25, -0.2) is 0 Å². The van der Waals surface area contributed by atoms with Crippen LogP contribution >= 0.6 is 12.2 Å². The summed E-state index contributed by atoms with van der Waals surface area (Å²) in [7, 11) is 0. The predicted molar refractivity (Wildman–Crippen MR) is 144 cm³/mol. The van der Waals surface area contributed by atoms with E-state index in [1.807, 2.05) is 44.2 Å². The van der Waals surface area contributed by atoms with Crippen LogP contribution < -0.4 is 15.1 Å². The van der Waals surface area contributed by atoms with Gasteiger partial charge in [0, 0.05) is 18.8 Å². The Bertz CT molecular complexity index is 1360. The molecule has 2 aliphatic rings. The lowest BCUT2D eigenvalue weighted by molar-refractivity contribution is -0.122. The number of hydrogen-bond donors (Lipinski definition) is 1. The lowest BCUT2D eigenvalue weighted by Crippen LogP contribution is -2.54. The first-order valence-electron chi connectivity index (χ1n) is 11.8. The van der Waals surface area contributed by atoms with Gasteiger partial charge in [0.05, 0.1) is 5.69 Å². The van der Waals surface area contributed by atoms with Crippen LogP contribution in [0.3, 0.4) is 0 Å². The molecule has 5 rings (SSSR count). The lowest BCUT2D eigenvalue weighted by Gasteiger charge is -2.32. The zero-order valence-electron chi connectivity index (χ0n) is 19.9. The Morgan fingerprint density at radius 3 is 2.54 bits per heavy atom. The van der Waals surface area contributed by atoms with Crippen molar-refractivity contribution in [2.75, 3.05) is 16.3 Å². The Morgan fingerprint density at radius 2 is 1.77 bits per heavy atom. The van der Waals surface area contributed by atoms with Crippen LogP contribution in [-0.2, 0) is 22.6 Å². The van der Waals surface area contributed by atoms with Gasteiger partial charge in [-0.3, -0.25) is 19.8 Å². The van der Waals surface area contributed by atoms with Gasteiger partial charge in [-0.1, -0.05) is 42.5 Å². The van der Waals surface area contributed by atoms with Gasteiger partial charge in [0.2, 0.25) is 0 Å². The number of aryl methyl sites for hydroxylation is 3. The van der Waals surface area contributed by atoms with Crippen molar-refractivity contribution in [3.8, 4) is 0 Å². The molecular formula is C29H27N3O2S. The van der Waals surface area contributed by atoms with Crippen LogP contribution in [-0.4, -0.2) is 23.5 Å². The van der Waals surface area contributed by atoms with Crippen molar-refractivity contribution >= 4 is 46.6 Å². The molecule has 0 spiro atoms. The lowest BCUT2D eigenvalue weighted by atomic mass is 9.97. The highest BCUT2D eigenvalue weighted by Crippen LogP contribution is 2.31. The molecule has 0 aliphatic carbocycles. The van der Waals surface area contributed by atoms with E-state index in [0.29, 0.717) is 5.69 Å². The van der Waals surface area contributed by atoms with Crippen LogP contribution in [0.5, 0.6) is 0 Å². The van der Waals surface area contributed by atoms with E-state index in [0.717, 1.165) is 42.6 Å². The van der Waals surface area contributed by atoms with E-state index in [4.69, 9.17) is 12.2 Å². The number of fused-ring (bicyclic) bond motifs is 1. The second kappa shape index (κ2) is 9.47. The smallest absolute Gasteiger partial charge is 0.270 e. The maximum absolute atomic E-state index is 13.4. The van der Waals surface area contributed by atoms with Gasteiger partial charge in [0.25, 0.3) is 11.8 Å². The predicted octanol–water partition coefficient (Wildman–Crippen LogP) is 5.09. The molecule has 0 bridgehead atoms. The molecule has 0 saturated carbocycles. The number of carbonyl (C=O) groups is 2. The van der Waals surface area contributed by atoms with Crippen LogP contribution in [0, 0.1) is 13.8 Å². The molecule has 35 heavy (non-hydrogen) atoms. The molecule has 0 atom stereocenters. The summed E-state index contributed by atoms with van der Waals surface area (Å²) in [5.74, 6) is -0.881. The van der Waals surface area contributed by atoms with Gasteiger partial charge in [0.1, 0.15) is 5.57 Å². The van der Waals surface area contributed by atoms with E-state index in [1.165, 1.54) is 21.7 Å². The largest absolute Gasteiger partial charge is 0.367 e. The van der Waals surface area contributed by atoms with Crippen molar-refractivity contribution in [1.29, 1.82) is 0 Å². The SMILES string of the molecule is Cc1ccc(N2C(=O)/C(=C/c3ccc4c(c3)CCCN4Cc3ccccc3)C(=O)NC2=S)cc1C. The first-order chi connectivity index (χ1) is 16.9. The van der Waals surface area contributed by atoms with E-state index >= 15 is 0 Å². The average molecular weight is 482 g/mol. The topological polar surface area (TPSA) is 52.7 Å². The Labute approximate surface area is 211 Å². The number of anilines is 2. The summed E-state index contributed by atoms with van der Waals surface area (Å²) in [4.78, 5) is 29.9. The van der Waals surface area contributed by atoms with E-state index < -0.39 is 11.8 Å². The number of thiocarbonyl (C=S) groups is 1. The van der Waals surface area contributed by atoms with Crippen molar-refractivity contribution < 1.29 is 9.59 Å². The maximum Gasteiger partial charge on any atom is 0.270 e. The quantitative estimate of drug-likeness (QED) is 0.321. The number of nitrogens with zero attached hydrogens (tertiary/aromatic N) is 2. The number of nitrogens with one attached hydrogen (secondary N) is 1. The number of rotatable bonds is 4. The summed E-state index contributed by atoms with van der Waals surface area (Å²) in [6, 6.07) is 22.3. The number of hydrogen-bond acceptors (Lipinski definition) is 4. The van der Waals surface area contributed by atoms with Crippen LogP contribution in [0.2, 0.25) is 0 Å². The zero-order valence-corrected chi connectivity index (χ0v) is 20.7. The van der Waals surface area contributed by atoms with E-state index in [1.54, 1.807) is 6.08 Å². The molecule has 176 valence electrons. The van der Waals surface area contributed by atoms with Crippen molar-refractivity contribution in [3.05, 3.63) is 100 Å². The van der Waals surface area contributed by atoms with Gasteiger partial charge in [0.15, 0.2) is 5.11 Å². The molecule has 0 unspecified atom stereocenters. The fourth-order valence-corrected chi connectivity index (χ4v) is 4.96. The van der Waals surface area contributed by atoms with Gasteiger partial charge in [-0.05, 0) is 97.1 Å². The average Bonchev–Trinajstić information content (AvgIpc) is 2.84. The van der Waals surface area contributed by atoms with Crippen LogP contribution in [0.15, 0.2) is 72.3 Å². The maximum atomic E-state index is 13.4. The third kappa shape index (κ3) is 4.62. The van der Waals surface area contributed by atoms with Crippen molar-refractivity contribution in [1.82, 2.24) is 5.32 Å². The van der Waals surface area contributed by atoms with Crippen molar-refractivity contribution in [3.63, 3.8) is 0 Å². The zero-order chi connectivity index (χ0) is 24.5. The Balaban J connectivity index is 1.44. The standard InChI is InChI=1S/C29H27N3O2S/c1-19-10-12-24(15-20(19)2)32-28(34)25(27(33)30-29(32)35)17-22-11-13-26-23(16-22)9-6-14-31(26)18-21-7-4-3-5-8-21/h3-5,7-8,10-13,15-17H,6,9,14,18H2,1-2H3,(H,30,33,35)/b25-17+. The second-order valence-electron chi connectivity index (χ2n) is 9.13. The monoisotopic (exact) mass is 481 g/mol. The van der Waals surface area contributed by atoms with Gasteiger partial charge in [-0.15, -0.1) is 0 Å². The van der Waals surface area contributed by atoms with Crippen LogP contribution in [0.4, 0.5) is 11.4 Å². The van der Waals surface area contributed by atoms with E-state index in [9.17, 15) is 9.59 Å². The number of carbonyl (C=O) groups excluding carboxylic acids is 2.